The molecule has 21 heavy (non-hydrogen) atoms. The number of carbonyl (C=O) groups is 1. The van der Waals surface area contributed by atoms with Crippen LogP contribution in [0.15, 0.2) is 24.3 Å². The number of thiocarbonyl (C=S) groups is 1. The van der Waals surface area contributed by atoms with Gasteiger partial charge >= 0.3 is 0 Å². The third kappa shape index (κ3) is 4.77. The Morgan fingerprint density at radius 1 is 1.57 bits per heavy atom. The first kappa shape index (κ1) is 15.9. The fraction of sp³-hybridized carbons (Fsp3) is 0.467. The summed E-state index contributed by atoms with van der Waals surface area (Å²) in [5.41, 5.74) is 6.27. The second kappa shape index (κ2) is 6.51. The molecule has 0 bridgehead atoms. The van der Waals surface area contributed by atoms with Crippen molar-refractivity contribution in [3.05, 3.63) is 29.8 Å². The van der Waals surface area contributed by atoms with Crippen LogP contribution in [0, 0.1) is 0 Å². The lowest BCUT2D eigenvalue weighted by Gasteiger charge is -2.36. The Balaban J connectivity index is 1.92. The van der Waals surface area contributed by atoms with E-state index in [2.05, 4.69) is 5.32 Å². The molecule has 2 rings (SSSR count). The van der Waals surface area contributed by atoms with Crippen LogP contribution < -0.4 is 11.1 Å². The van der Waals surface area contributed by atoms with Crippen LogP contribution in [0.25, 0.3) is 0 Å². The molecule has 5 nitrogen and oxygen atoms in total. The quantitative estimate of drug-likeness (QED) is 0.726. The fourth-order valence-corrected chi connectivity index (χ4v) is 2.74. The van der Waals surface area contributed by atoms with Crippen molar-refractivity contribution < 1.29 is 9.90 Å². The number of carbonyl (C=O) groups excluding carboxylic acids is 1. The van der Waals surface area contributed by atoms with Gasteiger partial charge in [-0.25, -0.2) is 0 Å². The lowest BCUT2D eigenvalue weighted by molar-refractivity contribution is -0.118. The Labute approximate surface area is 130 Å². The number of β-amino-alcohol motifs (C(OH)–C–C–N with tert-alkyl or cyclic N) is 1. The number of likely N-dealkylation sites (tertiary alicyclic amines) is 1. The maximum absolute atomic E-state index is 12.1. The number of hydrogen-bond donors (Lipinski definition) is 3. The second-order valence-electron chi connectivity index (χ2n) is 5.80. The second-order valence-corrected chi connectivity index (χ2v) is 6.24. The average molecular weight is 307 g/mol. The third-order valence-electron chi connectivity index (χ3n) is 3.55. The molecule has 1 amide bonds. The number of nitrogens with zero attached hydrogens (tertiary/aromatic N) is 1. The molecule has 0 radical (unpaired) electrons. The van der Waals surface area contributed by atoms with Crippen LogP contribution in [-0.4, -0.2) is 46.1 Å². The minimum absolute atomic E-state index is 0.104. The number of aliphatic hydroxyl groups is 1. The summed E-state index contributed by atoms with van der Waals surface area (Å²) >= 11 is 4.92. The minimum Gasteiger partial charge on any atom is -0.389 e. The Morgan fingerprint density at radius 3 is 3.00 bits per heavy atom. The van der Waals surface area contributed by atoms with E-state index in [1.54, 1.807) is 24.3 Å². The van der Waals surface area contributed by atoms with Gasteiger partial charge in [0.2, 0.25) is 5.91 Å². The summed E-state index contributed by atoms with van der Waals surface area (Å²) in [4.78, 5) is 14.3. The zero-order valence-electron chi connectivity index (χ0n) is 12.1. The number of nitrogens with one attached hydrogen (secondary N) is 1. The standard InChI is InChI=1S/C15H21N3O2S/c1-15(20)6-3-7-18(10-15)9-13(19)17-12-5-2-4-11(8-12)14(16)21/h2,4-5,8,20H,3,6-7,9-10H2,1H3,(H2,16,21)(H,17,19). The largest absolute Gasteiger partial charge is 0.389 e. The van der Waals surface area contributed by atoms with Gasteiger partial charge in [0.1, 0.15) is 4.99 Å². The number of nitrogens with two attached hydrogens (primary N) is 1. The molecule has 4 N–H and O–H groups in total. The smallest absolute Gasteiger partial charge is 0.238 e. The van der Waals surface area contributed by atoms with E-state index in [4.69, 9.17) is 18.0 Å². The van der Waals surface area contributed by atoms with Crippen molar-refractivity contribution in [1.82, 2.24) is 4.90 Å². The molecule has 1 aromatic rings. The van der Waals surface area contributed by atoms with E-state index in [0.717, 1.165) is 24.9 Å². The lowest BCUT2D eigenvalue weighted by atomic mass is 9.95. The molecule has 1 aliphatic heterocycles. The van der Waals surface area contributed by atoms with Gasteiger partial charge in [-0.05, 0) is 38.4 Å². The Kier molecular flexibility index (Phi) is 4.92. The van der Waals surface area contributed by atoms with E-state index in [9.17, 15) is 9.90 Å². The van der Waals surface area contributed by atoms with Crippen LogP contribution in [0.3, 0.4) is 0 Å². The van der Waals surface area contributed by atoms with Crippen LogP contribution in [-0.2, 0) is 4.79 Å². The van der Waals surface area contributed by atoms with Gasteiger partial charge in [-0.3, -0.25) is 9.69 Å². The normalized spacial score (nSPS) is 22.8. The zero-order chi connectivity index (χ0) is 15.5. The van der Waals surface area contributed by atoms with E-state index >= 15 is 0 Å². The summed E-state index contributed by atoms with van der Waals surface area (Å²) in [5.74, 6) is -0.104. The molecular weight excluding hydrogens is 286 g/mol. The Hall–Kier alpha value is -1.50. The van der Waals surface area contributed by atoms with Gasteiger partial charge in [-0.1, -0.05) is 24.4 Å². The predicted molar refractivity (Wildman–Crippen MR) is 87.3 cm³/mol. The van der Waals surface area contributed by atoms with Crippen molar-refractivity contribution in [3.63, 3.8) is 0 Å². The van der Waals surface area contributed by atoms with Crippen molar-refractivity contribution >= 4 is 28.8 Å². The molecule has 1 heterocycles. The maximum Gasteiger partial charge on any atom is 0.238 e. The molecule has 1 fully saturated rings. The highest BCUT2D eigenvalue weighted by Gasteiger charge is 2.29. The SMILES string of the molecule is CC1(O)CCCN(CC(=O)Nc2cccc(C(N)=S)c2)C1. The fourth-order valence-electron chi connectivity index (χ4n) is 2.61. The molecule has 0 aliphatic carbocycles. The van der Waals surface area contributed by atoms with Crippen molar-refractivity contribution in [3.8, 4) is 0 Å². The first-order valence-electron chi connectivity index (χ1n) is 7.00. The van der Waals surface area contributed by atoms with Crippen LogP contribution in [0.4, 0.5) is 5.69 Å². The first-order chi connectivity index (χ1) is 9.85. The van der Waals surface area contributed by atoms with Gasteiger partial charge < -0.3 is 16.2 Å². The van der Waals surface area contributed by atoms with Crippen molar-refractivity contribution in [1.29, 1.82) is 0 Å². The highest BCUT2D eigenvalue weighted by molar-refractivity contribution is 7.80. The number of rotatable bonds is 4. The van der Waals surface area contributed by atoms with Gasteiger partial charge in [-0.2, -0.15) is 0 Å². The lowest BCUT2D eigenvalue weighted by Crippen LogP contribution is -2.48. The molecule has 0 spiro atoms. The minimum atomic E-state index is -0.704. The third-order valence-corrected chi connectivity index (χ3v) is 3.79. The first-order valence-corrected chi connectivity index (χ1v) is 7.41. The highest BCUT2D eigenvalue weighted by atomic mass is 32.1. The van der Waals surface area contributed by atoms with E-state index in [1.165, 1.54) is 0 Å². The van der Waals surface area contributed by atoms with Gasteiger partial charge in [0.25, 0.3) is 0 Å². The van der Waals surface area contributed by atoms with Crippen LogP contribution in [0.2, 0.25) is 0 Å². The molecular formula is C15H21N3O2S. The topological polar surface area (TPSA) is 78.6 Å². The van der Waals surface area contributed by atoms with E-state index < -0.39 is 5.60 Å². The summed E-state index contributed by atoms with van der Waals surface area (Å²) in [7, 11) is 0. The molecule has 0 aromatic heterocycles. The average Bonchev–Trinajstić information content (AvgIpc) is 2.37. The Morgan fingerprint density at radius 2 is 2.33 bits per heavy atom. The molecule has 1 unspecified atom stereocenters. The van der Waals surface area contributed by atoms with Crippen LogP contribution in [0.1, 0.15) is 25.3 Å². The summed E-state index contributed by atoms with van der Waals surface area (Å²) in [5, 5.41) is 12.9. The van der Waals surface area contributed by atoms with E-state index in [-0.39, 0.29) is 12.5 Å². The monoisotopic (exact) mass is 307 g/mol. The van der Waals surface area contributed by atoms with Gasteiger partial charge in [0.05, 0.1) is 12.1 Å². The highest BCUT2D eigenvalue weighted by Crippen LogP contribution is 2.20. The van der Waals surface area contributed by atoms with Crippen molar-refractivity contribution in [2.45, 2.75) is 25.4 Å². The zero-order valence-corrected chi connectivity index (χ0v) is 12.9. The molecule has 1 aromatic carbocycles. The predicted octanol–water partition coefficient (Wildman–Crippen LogP) is 1.11. The number of piperidine rings is 1. The summed E-state index contributed by atoms with van der Waals surface area (Å²) < 4.78 is 0. The summed E-state index contributed by atoms with van der Waals surface area (Å²) in [6, 6.07) is 7.16. The summed E-state index contributed by atoms with van der Waals surface area (Å²) in [6.07, 6.45) is 1.68. The van der Waals surface area contributed by atoms with Crippen molar-refractivity contribution in [2.24, 2.45) is 5.73 Å². The number of hydrogen-bond acceptors (Lipinski definition) is 4. The molecule has 1 atom stereocenters. The molecule has 1 saturated heterocycles. The number of anilines is 1. The van der Waals surface area contributed by atoms with Gasteiger partial charge in [-0.15, -0.1) is 0 Å². The van der Waals surface area contributed by atoms with Crippen molar-refractivity contribution in [2.75, 3.05) is 25.0 Å². The summed E-state index contributed by atoms with van der Waals surface area (Å²) in [6.45, 7) is 3.43. The van der Waals surface area contributed by atoms with Gasteiger partial charge in [0.15, 0.2) is 0 Å². The maximum atomic E-state index is 12.1. The number of benzene rings is 1. The van der Waals surface area contributed by atoms with E-state index in [1.807, 2.05) is 11.8 Å². The van der Waals surface area contributed by atoms with Crippen LogP contribution in [0.5, 0.6) is 0 Å². The van der Waals surface area contributed by atoms with Crippen LogP contribution >= 0.6 is 12.2 Å². The molecule has 1 aliphatic rings. The molecule has 0 saturated carbocycles. The Bertz CT molecular complexity index is 545. The van der Waals surface area contributed by atoms with E-state index in [0.29, 0.717) is 17.2 Å². The molecule has 114 valence electrons. The molecule has 6 heteroatoms. The number of amides is 1. The van der Waals surface area contributed by atoms with Gasteiger partial charge in [0, 0.05) is 17.8 Å².